The van der Waals surface area contributed by atoms with Crippen LogP contribution < -0.4 is 5.32 Å². The van der Waals surface area contributed by atoms with Crippen molar-refractivity contribution >= 4 is 23.4 Å². The molecule has 27 heavy (non-hydrogen) atoms. The van der Waals surface area contributed by atoms with Gasteiger partial charge >= 0.3 is 0 Å². The first-order chi connectivity index (χ1) is 12.9. The average Bonchev–Trinajstić information content (AvgIpc) is 3.08. The molecule has 1 saturated heterocycles. The molecule has 0 unspecified atom stereocenters. The van der Waals surface area contributed by atoms with Crippen molar-refractivity contribution in [2.45, 2.75) is 39.0 Å². The number of hydrogen-bond donors (Lipinski definition) is 1. The summed E-state index contributed by atoms with van der Waals surface area (Å²) in [6, 6.07) is 6.52. The molecule has 0 radical (unpaired) electrons. The first-order valence-corrected chi connectivity index (χ1v) is 9.22. The van der Waals surface area contributed by atoms with Crippen LogP contribution in [0, 0.1) is 5.92 Å². The first-order valence-electron chi connectivity index (χ1n) is 8.84. The second-order valence-electron chi connectivity index (χ2n) is 6.88. The van der Waals surface area contributed by atoms with Crippen LogP contribution in [-0.4, -0.2) is 48.6 Å². The quantitative estimate of drug-likeness (QED) is 0.416. The Labute approximate surface area is 163 Å². The van der Waals surface area contributed by atoms with Crippen molar-refractivity contribution < 1.29 is 14.3 Å². The zero-order valence-corrected chi connectivity index (χ0v) is 16.2. The van der Waals surface area contributed by atoms with E-state index in [4.69, 9.17) is 21.9 Å². The predicted molar refractivity (Wildman–Crippen MR) is 102 cm³/mol. The van der Waals surface area contributed by atoms with Gasteiger partial charge in [0.05, 0.1) is 6.10 Å². The SMILES string of the molecule is CC(C)CO[C@@H]1C[C@@H](C(=O)NCc2ccc(Cl)cc2)N(C(=O)CN=[N+]=[N-])C1. The first kappa shape index (κ1) is 21.0. The van der Waals surface area contributed by atoms with Crippen LogP contribution in [0.4, 0.5) is 0 Å². The zero-order chi connectivity index (χ0) is 19.8. The van der Waals surface area contributed by atoms with Gasteiger partial charge in [-0.3, -0.25) is 9.59 Å². The van der Waals surface area contributed by atoms with Crippen LogP contribution in [0.5, 0.6) is 0 Å². The van der Waals surface area contributed by atoms with E-state index in [2.05, 4.69) is 15.3 Å². The van der Waals surface area contributed by atoms with Crippen molar-refractivity contribution in [2.24, 2.45) is 11.0 Å². The second kappa shape index (κ2) is 10.2. The third kappa shape index (κ3) is 6.43. The van der Waals surface area contributed by atoms with Gasteiger partial charge in [-0.05, 0) is 29.1 Å². The van der Waals surface area contributed by atoms with Gasteiger partial charge in [-0.25, -0.2) is 0 Å². The molecule has 8 nitrogen and oxygen atoms in total. The van der Waals surface area contributed by atoms with Gasteiger partial charge < -0.3 is 15.0 Å². The molecule has 1 aromatic rings. The number of likely N-dealkylation sites (tertiary alicyclic amines) is 1. The molecule has 1 aromatic carbocycles. The molecule has 1 N–H and O–H groups in total. The van der Waals surface area contributed by atoms with Crippen LogP contribution in [-0.2, 0) is 20.9 Å². The summed E-state index contributed by atoms with van der Waals surface area (Å²) >= 11 is 5.86. The topological polar surface area (TPSA) is 107 Å². The molecule has 1 aliphatic rings. The molecular formula is C18H24ClN5O3. The van der Waals surface area contributed by atoms with Crippen molar-refractivity contribution in [2.75, 3.05) is 19.7 Å². The molecule has 0 spiro atoms. The standard InChI is InChI=1S/C18H24ClN5O3/c1-12(2)11-27-15-7-16(24(10-15)17(25)9-22-23-20)18(26)21-8-13-3-5-14(19)6-4-13/h3-6,12,15-16H,7-11H2,1-2H3,(H,21,26)/t15-,16+/m1/s1. The van der Waals surface area contributed by atoms with E-state index < -0.39 is 6.04 Å². The number of carbonyl (C=O) groups is 2. The van der Waals surface area contributed by atoms with Crippen molar-refractivity contribution in [3.8, 4) is 0 Å². The fourth-order valence-electron chi connectivity index (χ4n) is 2.86. The highest BCUT2D eigenvalue weighted by molar-refractivity contribution is 6.30. The van der Waals surface area contributed by atoms with Gasteiger partial charge in [0.2, 0.25) is 11.8 Å². The Morgan fingerprint density at radius 1 is 1.41 bits per heavy atom. The summed E-state index contributed by atoms with van der Waals surface area (Å²) in [6.45, 7) is 4.97. The van der Waals surface area contributed by atoms with Crippen LogP contribution >= 0.6 is 11.6 Å². The molecule has 1 aliphatic heterocycles. The van der Waals surface area contributed by atoms with E-state index in [0.717, 1.165) is 5.56 Å². The summed E-state index contributed by atoms with van der Waals surface area (Å²) in [5, 5.41) is 6.79. The summed E-state index contributed by atoms with van der Waals surface area (Å²) in [7, 11) is 0. The molecule has 146 valence electrons. The van der Waals surface area contributed by atoms with E-state index in [1.54, 1.807) is 12.1 Å². The lowest BCUT2D eigenvalue weighted by molar-refractivity contribution is -0.137. The maximum Gasteiger partial charge on any atom is 0.243 e. The number of ether oxygens (including phenoxy) is 1. The second-order valence-corrected chi connectivity index (χ2v) is 7.32. The zero-order valence-electron chi connectivity index (χ0n) is 15.5. The van der Waals surface area contributed by atoms with Gasteiger partial charge in [-0.1, -0.05) is 42.7 Å². The molecule has 0 aromatic heterocycles. The fraction of sp³-hybridized carbons (Fsp3) is 0.556. The minimum atomic E-state index is -0.643. The van der Waals surface area contributed by atoms with Crippen LogP contribution in [0.25, 0.3) is 10.4 Å². The molecular weight excluding hydrogens is 370 g/mol. The lowest BCUT2D eigenvalue weighted by Gasteiger charge is -2.23. The molecule has 0 bridgehead atoms. The lowest BCUT2D eigenvalue weighted by atomic mass is 10.1. The highest BCUT2D eigenvalue weighted by atomic mass is 35.5. The number of azide groups is 1. The van der Waals surface area contributed by atoms with Gasteiger partial charge in [0.25, 0.3) is 0 Å². The number of carbonyl (C=O) groups excluding carboxylic acids is 2. The van der Waals surface area contributed by atoms with E-state index in [0.29, 0.717) is 37.1 Å². The number of nitrogens with zero attached hydrogens (tertiary/aromatic N) is 4. The number of amides is 2. The van der Waals surface area contributed by atoms with E-state index in [1.807, 2.05) is 26.0 Å². The Balaban J connectivity index is 2.01. The molecule has 2 atom stereocenters. The third-order valence-corrected chi connectivity index (χ3v) is 4.45. The minimum Gasteiger partial charge on any atom is -0.376 e. The molecule has 0 saturated carbocycles. The highest BCUT2D eigenvalue weighted by Crippen LogP contribution is 2.22. The van der Waals surface area contributed by atoms with Gasteiger partial charge in [-0.15, -0.1) is 0 Å². The summed E-state index contributed by atoms with van der Waals surface area (Å²) in [5.41, 5.74) is 9.34. The van der Waals surface area contributed by atoms with Crippen LogP contribution in [0.2, 0.25) is 5.02 Å². The van der Waals surface area contributed by atoms with Crippen molar-refractivity contribution in [3.05, 3.63) is 45.3 Å². The Bertz CT molecular complexity index is 703. The van der Waals surface area contributed by atoms with Gasteiger partial charge in [0.15, 0.2) is 0 Å². The average molecular weight is 394 g/mol. The van der Waals surface area contributed by atoms with Crippen LogP contribution in [0.3, 0.4) is 0 Å². The minimum absolute atomic E-state index is 0.214. The van der Waals surface area contributed by atoms with E-state index in [9.17, 15) is 9.59 Å². The summed E-state index contributed by atoms with van der Waals surface area (Å²) in [5.74, 6) is -0.278. The largest absolute Gasteiger partial charge is 0.376 e. The number of benzene rings is 1. The Hall–Kier alpha value is -2.28. The molecule has 2 amide bonds. The lowest BCUT2D eigenvalue weighted by Crippen LogP contribution is -2.46. The molecule has 0 aliphatic carbocycles. The van der Waals surface area contributed by atoms with Gasteiger partial charge in [0.1, 0.15) is 12.6 Å². The van der Waals surface area contributed by atoms with Crippen LogP contribution in [0.15, 0.2) is 29.4 Å². The molecule has 9 heteroatoms. The molecule has 1 heterocycles. The van der Waals surface area contributed by atoms with Crippen LogP contribution in [0.1, 0.15) is 25.8 Å². The number of rotatable bonds is 8. The number of hydrogen-bond acceptors (Lipinski definition) is 4. The van der Waals surface area contributed by atoms with Crippen molar-refractivity contribution in [1.82, 2.24) is 10.2 Å². The van der Waals surface area contributed by atoms with Crippen molar-refractivity contribution in [3.63, 3.8) is 0 Å². The summed E-state index contributed by atoms with van der Waals surface area (Å²) < 4.78 is 5.81. The van der Waals surface area contributed by atoms with E-state index in [-0.39, 0.29) is 24.5 Å². The van der Waals surface area contributed by atoms with Crippen molar-refractivity contribution in [1.29, 1.82) is 0 Å². The molecule has 1 fully saturated rings. The maximum atomic E-state index is 12.7. The maximum absolute atomic E-state index is 12.7. The van der Waals surface area contributed by atoms with E-state index in [1.165, 1.54) is 4.90 Å². The summed E-state index contributed by atoms with van der Waals surface area (Å²) in [4.78, 5) is 29.0. The fourth-order valence-corrected chi connectivity index (χ4v) is 2.99. The smallest absolute Gasteiger partial charge is 0.243 e. The predicted octanol–water partition coefficient (Wildman–Crippen LogP) is 2.91. The van der Waals surface area contributed by atoms with E-state index >= 15 is 0 Å². The normalized spacial score (nSPS) is 19.0. The Kier molecular flexibility index (Phi) is 7.91. The van der Waals surface area contributed by atoms with Gasteiger partial charge in [-0.2, -0.15) is 0 Å². The Morgan fingerprint density at radius 3 is 2.74 bits per heavy atom. The summed E-state index contributed by atoms with van der Waals surface area (Å²) in [6.07, 6.45) is 0.204. The monoisotopic (exact) mass is 393 g/mol. The third-order valence-electron chi connectivity index (χ3n) is 4.20. The van der Waals surface area contributed by atoms with Gasteiger partial charge in [0, 0.05) is 36.1 Å². The Morgan fingerprint density at radius 2 is 2.11 bits per heavy atom. The highest BCUT2D eigenvalue weighted by Gasteiger charge is 2.39. The number of nitrogens with one attached hydrogen (secondary N) is 1. The number of halogens is 1. The molecule has 2 rings (SSSR count).